The maximum atomic E-state index is 3.73. The molecule has 19 heavy (non-hydrogen) atoms. The predicted octanol–water partition coefficient (Wildman–Crippen LogP) is 3.18. The molecule has 2 heterocycles. The molecule has 2 nitrogen and oxygen atoms in total. The number of hydrogen-bond acceptors (Lipinski definition) is 3. The lowest BCUT2D eigenvalue weighted by molar-refractivity contribution is 0.507. The molecule has 0 radical (unpaired) electrons. The van der Waals surface area contributed by atoms with E-state index in [2.05, 4.69) is 58.5 Å². The van der Waals surface area contributed by atoms with E-state index in [1.165, 1.54) is 29.8 Å². The lowest BCUT2D eigenvalue weighted by Gasteiger charge is -2.20. The molecule has 2 atom stereocenters. The molecule has 0 saturated carbocycles. The number of nitrogens with one attached hydrogen (secondary N) is 2. The van der Waals surface area contributed by atoms with Gasteiger partial charge in [0.25, 0.3) is 0 Å². The van der Waals surface area contributed by atoms with Crippen LogP contribution in [0.25, 0.3) is 0 Å². The Labute approximate surface area is 118 Å². The Bertz CT molecular complexity index is 475. The van der Waals surface area contributed by atoms with Gasteiger partial charge < -0.3 is 10.6 Å². The molecule has 0 amide bonds. The molecule has 3 heteroatoms. The zero-order chi connectivity index (χ0) is 12.9. The van der Waals surface area contributed by atoms with Gasteiger partial charge in [-0.3, -0.25) is 0 Å². The average Bonchev–Trinajstić information content (AvgIpc) is 3.13. The number of benzene rings is 1. The van der Waals surface area contributed by atoms with Crippen LogP contribution in [0.15, 0.2) is 47.8 Å². The smallest absolute Gasteiger partial charge is 0.0671 e. The van der Waals surface area contributed by atoms with Crippen molar-refractivity contribution in [3.05, 3.63) is 58.3 Å². The van der Waals surface area contributed by atoms with Crippen molar-refractivity contribution in [2.24, 2.45) is 0 Å². The van der Waals surface area contributed by atoms with Crippen molar-refractivity contribution in [3.63, 3.8) is 0 Å². The van der Waals surface area contributed by atoms with Gasteiger partial charge in [0.2, 0.25) is 0 Å². The summed E-state index contributed by atoms with van der Waals surface area (Å²) in [5.74, 6) is 0. The van der Waals surface area contributed by atoms with Crippen LogP contribution in [-0.2, 0) is 0 Å². The maximum absolute atomic E-state index is 3.73. The largest absolute Gasteiger partial charge is 0.313 e. The van der Waals surface area contributed by atoms with Crippen LogP contribution < -0.4 is 10.6 Å². The summed E-state index contributed by atoms with van der Waals surface area (Å²) >= 11 is 1.83. The Morgan fingerprint density at radius 2 is 2.11 bits per heavy atom. The number of thiophene rings is 1. The van der Waals surface area contributed by atoms with Gasteiger partial charge in [-0.1, -0.05) is 36.4 Å². The topological polar surface area (TPSA) is 24.1 Å². The van der Waals surface area contributed by atoms with E-state index in [1.807, 2.05) is 11.3 Å². The molecular formula is C16H20N2S. The van der Waals surface area contributed by atoms with Crippen LogP contribution in [0.5, 0.6) is 0 Å². The first-order valence-corrected chi connectivity index (χ1v) is 7.86. The van der Waals surface area contributed by atoms with Crippen molar-refractivity contribution in [1.29, 1.82) is 0 Å². The molecule has 1 aromatic carbocycles. The fraction of sp³-hybridized carbons (Fsp3) is 0.375. The van der Waals surface area contributed by atoms with Crippen LogP contribution >= 0.6 is 11.3 Å². The van der Waals surface area contributed by atoms with Crippen molar-refractivity contribution in [2.45, 2.75) is 24.9 Å². The third kappa shape index (κ3) is 3.24. The summed E-state index contributed by atoms with van der Waals surface area (Å²) in [6, 6.07) is 16.0. The third-order valence-corrected chi connectivity index (χ3v) is 4.63. The van der Waals surface area contributed by atoms with Gasteiger partial charge in [-0.25, -0.2) is 0 Å². The Morgan fingerprint density at radius 3 is 2.79 bits per heavy atom. The molecule has 1 fully saturated rings. The normalized spacial score (nSPS) is 20.5. The highest BCUT2D eigenvalue weighted by atomic mass is 32.1. The quantitative estimate of drug-likeness (QED) is 0.873. The fourth-order valence-corrected chi connectivity index (χ4v) is 3.50. The molecule has 100 valence electrons. The molecule has 1 aromatic heterocycles. The first-order valence-electron chi connectivity index (χ1n) is 6.98. The number of rotatable bonds is 5. The van der Waals surface area contributed by atoms with Gasteiger partial charge in [-0.15, -0.1) is 11.3 Å². The van der Waals surface area contributed by atoms with E-state index >= 15 is 0 Å². The van der Waals surface area contributed by atoms with Gasteiger partial charge in [-0.2, -0.15) is 0 Å². The SMILES string of the molecule is c1ccc(C(NCC2CCCN2)c2cccs2)cc1. The molecule has 2 unspecified atom stereocenters. The zero-order valence-electron chi connectivity index (χ0n) is 11.0. The highest BCUT2D eigenvalue weighted by molar-refractivity contribution is 7.10. The number of hydrogen-bond donors (Lipinski definition) is 2. The van der Waals surface area contributed by atoms with E-state index < -0.39 is 0 Å². The zero-order valence-corrected chi connectivity index (χ0v) is 11.8. The summed E-state index contributed by atoms with van der Waals surface area (Å²) in [5, 5.41) is 9.43. The van der Waals surface area contributed by atoms with E-state index in [0.29, 0.717) is 12.1 Å². The molecule has 0 spiro atoms. The van der Waals surface area contributed by atoms with Crippen molar-refractivity contribution < 1.29 is 0 Å². The van der Waals surface area contributed by atoms with E-state index in [1.54, 1.807) is 0 Å². The van der Waals surface area contributed by atoms with Crippen molar-refractivity contribution in [1.82, 2.24) is 10.6 Å². The molecule has 1 aliphatic heterocycles. The molecule has 3 rings (SSSR count). The maximum Gasteiger partial charge on any atom is 0.0671 e. The molecular weight excluding hydrogens is 252 g/mol. The minimum absolute atomic E-state index is 0.323. The summed E-state index contributed by atoms with van der Waals surface area (Å²) in [7, 11) is 0. The van der Waals surface area contributed by atoms with Crippen molar-refractivity contribution >= 4 is 11.3 Å². The average molecular weight is 272 g/mol. The Hall–Kier alpha value is -1.16. The van der Waals surface area contributed by atoms with E-state index in [9.17, 15) is 0 Å². The second kappa shape index (κ2) is 6.33. The van der Waals surface area contributed by atoms with Gasteiger partial charge in [0.05, 0.1) is 6.04 Å². The molecule has 2 aromatic rings. The van der Waals surface area contributed by atoms with Crippen LogP contribution in [0.3, 0.4) is 0 Å². The summed E-state index contributed by atoms with van der Waals surface area (Å²) < 4.78 is 0. The Kier molecular flexibility index (Phi) is 4.28. The Morgan fingerprint density at radius 1 is 1.21 bits per heavy atom. The van der Waals surface area contributed by atoms with Crippen LogP contribution in [0, 0.1) is 0 Å². The van der Waals surface area contributed by atoms with E-state index in [0.717, 1.165) is 6.54 Å². The van der Waals surface area contributed by atoms with Gasteiger partial charge >= 0.3 is 0 Å². The highest BCUT2D eigenvalue weighted by Gasteiger charge is 2.18. The summed E-state index contributed by atoms with van der Waals surface area (Å²) in [6.45, 7) is 2.21. The molecule has 1 saturated heterocycles. The monoisotopic (exact) mass is 272 g/mol. The van der Waals surface area contributed by atoms with Crippen LogP contribution in [0.2, 0.25) is 0 Å². The summed E-state index contributed by atoms with van der Waals surface area (Å²) in [6.07, 6.45) is 2.60. The fourth-order valence-electron chi connectivity index (χ4n) is 2.67. The first-order chi connectivity index (χ1) is 9.43. The Balaban J connectivity index is 1.73. The van der Waals surface area contributed by atoms with Gasteiger partial charge in [0.1, 0.15) is 0 Å². The van der Waals surface area contributed by atoms with Gasteiger partial charge in [0.15, 0.2) is 0 Å². The van der Waals surface area contributed by atoms with Crippen LogP contribution in [0.1, 0.15) is 29.3 Å². The molecule has 1 aliphatic rings. The molecule has 0 bridgehead atoms. The molecule has 0 aliphatic carbocycles. The van der Waals surface area contributed by atoms with Gasteiger partial charge in [-0.05, 0) is 36.4 Å². The third-order valence-electron chi connectivity index (χ3n) is 3.69. The standard InChI is InChI=1S/C16H20N2S/c1-2-6-13(7-3-1)16(15-9-5-11-19-15)18-12-14-8-4-10-17-14/h1-3,5-7,9,11,14,16-18H,4,8,10,12H2. The van der Waals surface area contributed by atoms with Crippen molar-refractivity contribution in [2.75, 3.05) is 13.1 Å². The van der Waals surface area contributed by atoms with Crippen molar-refractivity contribution in [3.8, 4) is 0 Å². The minimum atomic E-state index is 0.323. The minimum Gasteiger partial charge on any atom is -0.313 e. The lowest BCUT2D eigenvalue weighted by Crippen LogP contribution is -2.36. The second-order valence-electron chi connectivity index (χ2n) is 5.06. The predicted molar refractivity (Wildman–Crippen MR) is 81.6 cm³/mol. The molecule has 2 N–H and O–H groups in total. The van der Waals surface area contributed by atoms with E-state index in [-0.39, 0.29) is 0 Å². The second-order valence-corrected chi connectivity index (χ2v) is 6.04. The van der Waals surface area contributed by atoms with Crippen LogP contribution in [0.4, 0.5) is 0 Å². The summed E-state index contributed by atoms with van der Waals surface area (Å²) in [4.78, 5) is 1.39. The van der Waals surface area contributed by atoms with Gasteiger partial charge in [0, 0.05) is 17.5 Å². The highest BCUT2D eigenvalue weighted by Crippen LogP contribution is 2.26. The first kappa shape index (κ1) is 12.9. The van der Waals surface area contributed by atoms with Crippen LogP contribution in [-0.4, -0.2) is 19.1 Å². The summed E-state index contributed by atoms with van der Waals surface area (Å²) in [5.41, 5.74) is 1.35. The van der Waals surface area contributed by atoms with E-state index in [4.69, 9.17) is 0 Å². The lowest BCUT2D eigenvalue weighted by atomic mass is 10.0.